The van der Waals surface area contributed by atoms with E-state index in [4.69, 9.17) is 0 Å². The van der Waals surface area contributed by atoms with Crippen LogP contribution in [0.1, 0.15) is 0 Å². The fourth-order valence-corrected chi connectivity index (χ4v) is 976. The van der Waals surface area contributed by atoms with Crippen LogP contribution in [0.2, 0.25) is 0 Å². The Balaban J connectivity index is 11.4. The molecule has 404 valence electrons. The Kier molecular flexibility index (Phi) is 75.4. The summed E-state index contributed by atoms with van der Waals surface area (Å²) in [5.41, 5.74) is 0. The maximum Gasteiger partial charge on any atom is -0.00000909 e. The minimum Gasteiger partial charge on any atom is -0.109 e. The van der Waals surface area contributed by atoms with E-state index >= 15 is 0 Å². The average Bonchev–Trinajstić information content (AvgIpc) is 3.11. The second-order valence-electron chi connectivity index (χ2n) is 10.6. The molecule has 0 heterocycles. The Morgan fingerprint density at radius 2 is 0.224 bits per heavy atom. The van der Waals surface area contributed by atoms with Gasteiger partial charge in [-0.25, -0.2) is 0 Å². The average molecular weight is 2140 g/mol. The van der Waals surface area contributed by atoms with Crippen molar-refractivity contribution in [2.45, 2.75) is 0 Å². The molecule has 0 N–H and O–H groups in total. The summed E-state index contributed by atoms with van der Waals surface area (Å²) in [6.45, 7) is -8.43. The fraction of sp³-hybridized carbons (Fsp3) is 0. The third-order valence-electron chi connectivity index (χ3n) is 5.87. The van der Waals surface area contributed by atoms with Crippen molar-refractivity contribution in [1.29, 1.82) is 0 Å². The van der Waals surface area contributed by atoms with E-state index in [-0.39, 0.29) is 224 Å². The highest BCUT2D eigenvalue weighted by atomic mass is 33.6. The van der Waals surface area contributed by atoms with Gasteiger partial charge in [-0.1, -0.05) is 7.96 Å². The number of hydrogen-bond acceptors (Lipinski definition) is 0. The summed E-state index contributed by atoms with van der Waals surface area (Å²) in [4.78, 5) is 0. The lowest BCUT2D eigenvalue weighted by Crippen LogP contribution is -1.74. The van der Waals surface area contributed by atoms with Crippen LogP contribution in [0.3, 0.4) is 0 Å². The SMILES string of the molecule is PPP(P)P(P(P(P)P)P(P)P)P(P(P(P)P)P(P)P)P(P(P(P(P)P)P(P)P)P(P(P)P)P(P)P)P(P(P(P(P)P)P(P)P)P(P(P)P)P(P)P)P(P(P(P)P)P(P)P)P(P(P)P)P(P)P. The minimum absolute atomic E-state index is 0.180. The molecule has 0 spiro atoms. The molecule has 0 bridgehead atoms. The van der Waals surface area contributed by atoms with E-state index < -0.39 is 0 Å². The van der Waals surface area contributed by atoms with Crippen LogP contribution in [0.25, 0.3) is 0 Å². The van der Waals surface area contributed by atoms with Crippen molar-refractivity contribution < 1.29 is 0 Å². The minimum atomic E-state index is -0.328. The quantitative estimate of drug-likeness (QED) is 0.0589. The molecule has 0 rings (SSSR count). The highest BCUT2D eigenvalue weighted by Crippen LogP contribution is 3.50. The van der Waals surface area contributed by atoms with Gasteiger partial charge in [0.15, 0.2) is 0 Å². The van der Waals surface area contributed by atoms with Gasteiger partial charge in [0.25, 0.3) is 0 Å². The van der Waals surface area contributed by atoms with E-state index in [1.165, 1.54) is 0 Å². The summed E-state index contributed by atoms with van der Waals surface area (Å²) < 4.78 is 0. The van der Waals surface area contributed by atoms with Gasteiger partial charge in [0.1, 0.15) is 0 Å². The van der Waals surface area contributed by atoms with Crippen LogP contribution in [-0.4, -0.2) is 0 Å². The molecule has 67 heteroatoms. The fourth-order valence-electron chi connectivity index (χ4n) is 4.02. The monoisotopic (exact) mass is 2140 g/mol. The standard InChI is InChI=1S/H69P67/c1-35-52(34)61(53(36(2)3)37(4)5)65(60(50(30)31)51(32)33)67(64(58(46(22)23)47(24)25)59(48(26)27)49(28)29)66(62(54(38(6)7)39(8)9)55(40(10)11)41(12)13)63(56(42(14)15)43(16)17)57(44(18)19)45(20)21/h35H,1-34H2. The van der Waals surface area contributed by atoms with Gasteiger partial charge < -0.3 is 0 Å². The van der Waals surface area contributed by atoms with Crippen LogP contribution in [0.15, 0.2) is 0 Å². The third kappa shape index (κ3) is 34.1. The van der Waals surface area contributed by atoms with Crippen LogP contribution in [0, 0.1) is 0 Å². The molecule has 0 nitrogen and oxygen atoms in total. The highest BCUT2D eigenvalue weighted by Gasteiger charge is 2.62. The first-order chi connectivity index (χ1) is 30.5. The molecule has 0 radical (unpaired) electrons. The van der Waals surface area contributed by atoms with E-state index in [1.54, 1.807) is 0 Å². The third-order valence-corrected chi connectivity index (χ3v) is 475. The Morgan fingerprint density at radius 3 is 0.328 bits per heavy atom. The summed E-state index contributed by atoms with van der Waals surface area (Å²) in [6, 6.07) is 0. The Labute approximate surface area is 527 Å². The van der Waals surface area contributed by atoms with Gasteiger partial charge in [-0.3, -0.25) is 0 Å². The normalized spacial score (nSPS) is 16.4. The topological polar surface area (TPSA) is 0 Å². The molecule has 0 aromatic rings. The summed E-state index contributed by atoms with van der Waals surface area (Å²) in [6.07, 6.45) is 0. The van der Waals surface area contributed by atoms with Gasteiger partial charge in [0, 0.05) is 0 Å². The first kappa shape index (κ1) is 95.8. The molecule has 0 fully saturated rings. The zero-order valence-electron chi connectivity index (χ0n) is 34.4. The van der Waals surface area contributed by atoms with E-state index in [1.807, 2.05) is 0 Å². The molecule has 39 unspecified atom stereocenters. The maximum absolute atomic E-state index is 3.78. The van der Waals surface area contributed by atoms with Crippen molar-refractivity contribution in [3.8, 4) is 0 Å². The van der Waals surface area contributed by atoms with E-state index in [2.05, 4.69) is 304 Å². The highest BCUT2D eigenvalue weighted by molar-refractivity contribution is 9.55. The zero-order valence-corrected chi connectivity index (χ0v) is 103. The molecule has 0 saturated carbocycles. The van der Waals surface area contributed by atoms with Gasteiger partial charge >= 0.3 is 0 Å². The van der Waals surface area contributed by atoms with Crippen molar-refractivity contribution in [3.05, 3.63) is 0 Å². The van der Waals surface area contributed by atoms with Crippen LogP contribution < -0.4 is 0 Å². The molecule has 0 aromatic carbocycles. The van der Waals surface area contributed by atoms with Crippen molar-refractivity contribution in [2.75, 3.05) is 0 Å². The van der Waals surface area contributed by atoms with Gasteiger partial charge in [-0.15, -0.1) is 304 Å². The maximum atomic E-state index is 3.78. The molecule has 67 heavy (non-hydrogen) atoms. The van der Waals surface area contributed by atoms with Crippen LogP contribution in [0.5, 0.6) is 0 Å². The largest absolute Gasteiger partial charge is 0.109 e. The van der Waals surface area contributed by atoms with Gasteiger partial charge in [0.2, 0.25) is 0 Å². The molecule has 0 aliphatic carbocycles. The van der Waals surface area contributed by atoms with E-state index in [9.17, 15) is 0 Å². The van der Waals surface area contributed by atoms with Gasteiger partial charge in [-0.2, -0.15) is 0 Å². The Morgan fingerprint density at radius 1 is 0.134 bits per heavy atom. The van der Waals surface area contributed by atoms with E-state index in [0.29, 0.717) is 0 Å². The van der Waals surface area contributed by atoms with Gasteiger partial charge in [-0.05, 0) is 224 Å². The van der Waals surface area contributed by atoms with Crippen molar-refractivity contribution in [3.63, 3.8) is 0 Å². The van der Waals surface area contributed by atoms with Crippen LogP contribution >= 0.6 is 535 Å². The molecule has 39 atom stereocenters. The van der Waals surface area contributed by atoms with Crippen molar-refractivity contribution in [2.24, 2.45) is 0 Å². The molecule has 0 amide bonds. The summed E-state index contributed by atoms with van der Waals surface area (Å²) in [7, 11) is 124. The first-order valence-electron chi connectivity index (χ1n) is 15.2. The van der Waals surface area contributed by atoms with Gasteiger partial charge in [0.05, 0.1) is 0 Å². The molecular weight excluding hydrogens is 2080 g/mol. The predicted octanol–water partition coefficient (Wildman–Crippen LogP) is 39.2. The van der Waals surface area contributed by atoms with Crippen molar-refractivity contribution >= 4 is 535 Å². The summed E-state index contributed by atoms with van der Waals surface area (Å²) >= 11 is 0. The molecule has 0 aromatic heterocycles. The lowest BCUT2D eigenvalue weighted by molar-refractivity contribution is 4.32. The Hall–Kier alpha value is 28.8. The number of hydrogen-bond donors (Lipinski definition) is 0. The van der Waals surface area contributed by atoms with Crippen molar-refractivity contribution in [1.82, 2.24) is 0 Å². The van der Waals surface area contributed by atoms with Crippen LogP contribution in [0.4, 0.5) is 0 Å². The second kappa shape index (κ2) is 52.7. The van der Waals surface area contributed by atoms with E-state index in [0.717, 1.165) is 7.96 Å². The zero-order chi connectivity index (χ0) is 53.2. The number of rotatable bonds is 32. The molecule has 0 saturated heterocycles. The smallest absolute Gasteiger partial charge is 0.00000909 e. The lowest BCUT2D eigenvalue weighted by Gasteiger charge is -2.61. The second-order valence-corrected chi connectivity index (χ2v) is 286. The first-order valence-corrected chi connectivity index (χ1v) is 137. The Bertz CT molecular complexity index is 1080. The molecule has 0 aliphatic rings. The summed E-state index contributed by atoms with van der Waals surface area (Å²) in [5.74, 6) is 0. The molecular formula is H69P67. The predicted molar refractivity (Wildman–Crippen MR) is 560 cm³/mol. The van der Waals surface area contributed by atoms with Crippen LogP contribution in [-0.2, 0) is 0 Å². The summed E-state index contributed by atoms with van der Waals surface area (Å²) in [5, 5.41) is 0. The molecule has 0 aliphatic heterocycles. The lowest BCUT2D eigenvalue weighted by atomic mass is 28.4.